The standard InChI is InChI=1S/C16H13FO/c1-12-4-2-6-14(10-12)16(18)9-8-13-5-3-7-15(17)11-13/h2-11H,1H3. The minimum absolute atomic E-state index is 0.0806. The molecule has 2 aromatic carbocycles. The van der Waals surface area contributed by atoms with E-state index in [1.54, 1.807) is 24.3 Å². The monoisotopic (exact) mass is 240 g/mol. The lowest BCUT2D eigenvalue weighted by atomic mass is 10.1. The van der Waals surface area contributed by atoms with Crippen LogP contribution >= 0.6 is 0 Å². The highest BCUT2D eigenvalue weighted by Crippen LogP contribution is 2.09. The molecule has 0 bridgehead atoms. The van der Waals surface area contributed by atoms with Crippen molar-refractivity contribution in [3.8, 4) is 0 Å². The molecule has 0 atom stereocenters. The molecular formula is C16H13FO. The Morgan fingerprint density at radius 2 is 1.89 bits per heavy atom. The summed E-state index contributed by atoms with van der Waals surface area (Å²) in [5.74, 6) is -0.386. The Hall–Kier alpha value is -2.22. The van der Waals surface area contributed by atoms with Gasteiger partial charge in [0.1, 0.15) is 5.82 Å². The van der Waals surface area contributed by atoms with E-state index in [1.807, 2.05) is 25.1 Å². The maximum atomic E-state index is 12.9. The maximum absolute atomic E-state index is 12.9. The predicted molar refractivity (Wildman–Crippen MR) is 70.9 cm³/mol. The molecule has 0 N–H and O–H groups in total. The smallest absolute Gasteiger partial charge is 0.185 e. The van der Waals surface area contributed by atoms with Gasteiger partial charge in [-0.05, 0) is 36.8 Å². The van der Waals surface area contributed by atoms with Gasteiger partial charge in [0.15, 0.2) is 5.78 Å². The molecule has 0 aromatic heterocycles. The molecule has 0 radical (unpaired) electrons. The predicted octanol–water partition coefficient (Wildman–Crippen LogP) is 4.03. The minimum Gasteiger partial charge on any atom is -0.289 e. The van der Waals surface area contributed by atoms with Crippen LogP contribution in [0.15, 0.2) is 54.6 Å². The minimum atomic E-state index is -0.305. The Morgan fingerprint density at radius 3 is 2.61 bits per heavy atom. The molecule has 0 heterocycles. The van der Waals surface area contributed by atoms with Gasteiger partial charge >= 0.3 is 0 Å². The Morgan fingerprint density at radius 1 is 1.11 bits per heavy atom. The van der Waals surface area contributed by atoms with Crippen LogP contribution in [-0.2, 0) is 0 Å². The van der Waals surface area contributed by atoms with Crippen LogP contribution in [0.1, 0.15) is 21.5 Å². The molecule has 0 amide bonds. The van der Waals surface area contributed by atoms with Crippen molar-refractivity contribution in [1.29, 1.82) is 0 Å². The first-order chi connectivity index (χ1) is 8.65. The summed E-state index contributed by atoms with van der Waals surface area (Å²) in [4.78, 5) is 11.9. The van der Waals surface area contributed by atoms with E-state index in [0.29, 0.717) is 11.1 Å². The van der Waals surface area contributed by atoms with Crippen LogP contribution in [0.5, 0.6) is 0 Å². The summed E-state index contributed by atoms with van der Waals surface area (Å²) in [6.07, 6.45) is 3.08. The number of ketones is 1. The number of halogens is 1. The van der Waals surface area contributed by atoms with Gasteiger partial charge in [0.25, 0.3) is 0 Å². The molecule has 0 saturated carbocycles. The molecule has 0 aliphatic carbocycles. The van der Waals surface area contributed by atoms with Gasteiger partial charge in [0.05, 0.1) is 0 Å². The van der Waals surface area contributed by atoms with Crippen LogP contribution in [-0.4, -0.2) is 5.78 Å². The Balaban J connectivity index is 2.17. The van der Waals surface area contributed by atoms with E-state index in [1.165, 1.54) is 18.2 Å². The van der Waals surface area contributed by atoms with Crippen molar-refractivity contribution < 1.29 is 9.18 Å². The number of rotatable bonds is 3. The fourth-order valence-corrected chi connectivity index (χ4v) is 1.68. The number of aryl methyl sites for hydroxylation is 1. The number of hydrogen-bond acceptors (Lipinski definition) is 1. The van der Waals surface area contributed by atoms with Crippen LogP contribution in [0.4, 0.5) is 4.39 Å². The van der Waals surface area contributed by atoms with Crippen molar-refractivity contribution in [2.75, 3.05) is 0 Å². The van der Waals surface area contributed by atoms with Gasteiger partial charge in [0, 0.05) is 5.56 Å². The fourth-order valence-electron chi connectivity index (χ4n) is 1.68. The van der Waals surface area contributed by atoms with Crippen LogP contribution in [0, 0.1) is 12.7 Å². The van der Waals surface area contributed by atoms with Crippen molar-refractivity contribution in [2.45, 2.75) is 6.92 Å². The molecular weight excluding hydrogens is 227 g/mol. The summed E-state index contributed by atoms with van der Waals surface area (Å²) in [5.41, 5.74) is 2.36. The number of hydrogen-bond donors (Lipinski definition) is 0. The van der Waals surface area contributed by atoms with Crippen molar-refractivity contribution in [3.05, 3.63) is 77.1 Å². The molecule has 0 fully saturated rings. The highest BCUT2D eigenvalue weighted by Gasteiger charge is 2.01. The quantitative estimate of drug-likeness (QED) is 0.584. The molecule has 0 saturated heterocycles. The van der Waals surface area contributed by atoms with E-state index in [4.69, 9.17) is 0 Å². The number of carbonyl (C=O) groups is 1. The van der Waals surface area contributed by atoms with Gasteiger partial charge in [-0.2, -0.15) is 0 Å². The summed E-state index contributed by atoms with van der Waals surface area (Å²) in [6, 6.07) is 13.5. The molecule has 18 heavy (non-hydrogen) atoms. The number of carbonyl (C=O) groups excluding carboxylic acids is 1. The van der Waals surface area contributed by atoms with E-state index in [0.717, 1.165) is 5.56 Å². The zero-order chi connectivity index (χ0) is 13.0. The third kappa shape index (κ3) is 3.14. The van der Waals surface area contributed by atoms with Crippen molar-refractivity contribution in [3.63, 3.8) is 0 Å². The second-order valence-electron chi connectivity index (χ2n) is 4.12. The summed E-state index contributed by atoms with van der Waals surface area (Å²) in [5, 5.41) is 0. The Labute approximate surface area is 106 Å². The van der Waals surface area contributed by atoms with Crippen LogP contribution in [0.25, 0.3) is 6.08 Å². The van der Waals surface area contributed by atoms with Crippen molar-refractivity contribution >= 4 is 11.9 Å². The first-order valence-electron chi connectivity index (χ1n) is 5.70. The van der Waals surface area contributed by atoms with Crippen molar-refractivity contribution in [1.82, 2.24) is 0 Å². The molecule has 2 heteroatoms. The summed E-state index contributed by atoms with van der Waals surface area (Å²) in [6.45, 7) is 1.94. The molecule has 0 aliphatic rings. The van der Waals surface area contributed by atoms with Gasteiger partial charge in [0.2, 0.25) is 0 Å². The molecule has 2 rings (SSSR count). The Bertz CT molecular complexity index is 600. The lowest BCUT2D eigenvalue weighted by Gasteiger charge is -1.97. The molecule has 90 valence electrons. The molecule has 0 spiro atoms. The third-order valence-corrected chi connectivity index (χ3v) is 2.58. The van der Waals surface area contributed by atoms with Crippen molar-refractivity contribution in [2.24, 2.45) is 0 Å². The largest absolute Gasteiger partial charge is 0.289 e. The highest BCUT2D eigenvalue weighted by atomic mass is 19.1. The van der Waals surface area contributed by atoms with Gasteiger partial charge in [-0.1, -0.05) is 42.0 Å². The topological polar surface area (TPSA) is 17.1 Å². The number of benzene rings is 2. The van der Waals surface area contributed by atoms with Gasteiger partial charge in [-0.25, -0.2) is 4.39 Å². The Kier molecular flexibility index (Phi) is 3.68. The first kappa shape index (κ1) is 12.2. The summed E-state index contributed by atoms with van der Waals surface area (Å²) in [7, 11) is 0. The van der Waals surface area contributed by atoms with Crippen LogP contribution in [0.3, 0.4) is 0 Å². The summed E-state index contributed by atoms with van der Waals surface area (Å²) >= 11 is 0. The molecule has 0 unspecified atom stereocenters. The lowest BCUT2D eigenvalue weighted by molar-refractivity contribution is 0.104. The average molecular weight is 240 g/mol. The molecule has 1 nitrogen and oxygen atoms in total. The first-order valence-corrected chi connectivity index (χ1v) is 5.70. The third-order valence-electron chi connectivity index (χ3n) is 2.58. The molecule has 0 aliphatic heterocycles. The van der Waals surface area contributed by atoms with E-state index >= 15 is 0 Å². The molecule has 2 aromatic rings. The van der Waals surface area contributed by atoms with Gasteiger partial charge < -0.3 is 0 Å². The van der Waals surface area contributed by atoms with Gasteiger partial charge in [-0.3, -0.25) is 4.79 Å². The second kappa shape index (κ2) is 5.41. The number of allylic oxidation sites excluding steroid dienone is 1. The zero-order valence-electron chi connectivity index (χ0n) is 10.1. The zero-order valence-corrected chi connectivity index (χ0v) is 10.1. The van der Waals surface area contributed by atoms with Crippen LogP contribution < -0.4 is 0 Å². The maximum Gasteiger partial charge on any atom is 0.185 e. The SMILES string of the molecule is Cc1cccc(C(=O)C=Cc2cccc(F)c2)c1. The lowest BCUT2D eigenvalue weighted by Crippen LogP contribution is -1.94. The van der Waals surface area contributed by atoms with E-state index in [-0.39, 0.29) is 11.6 Å². The highest BCUT2D eigenvalue weighted by molar-refractivity contribution is 6.06. The second-order valence-corrected chi connectivity index (χ2v) is 4.12. The van der Waals surface area contributed by atoms with E-state index < -0.39 is 0 Å². The van der Waals surface area contributed by atoms with E-state index in [2.05, 4.69) is 0 Å². The average Bonchev–Trinajstić information content (AvgIpc) is 2.36. The van der Waals surface area contributed by atoms with Gasteiger partial charge in [-0.15, -0.1) is 0 Å². The normalized spacial score (nSPS) is 10.8. The fraction of sp³-hybridized carbons (Fsp3) is 0.0625. The summed E-state index contributed by atoms with van der Waals surface area (Å²) < 4.78 is 12.9. The van der Waals surface area contributed by atoms with Crippen LogP contribution in [0.2, 0.25) is 0 Å². The van der Waals surface area contributed by atoms with E-state index in [9.17, 15) is 9.18 Å².